The molecule has 4 amide bonds. The number of methoxy groups -OCH3 is 2. The van der Waals surface area contributed by atoms with E-state index in [1.807, 2.05) is 72.9 Å². The molecule has 0 heterocycles. The molecule has 34 heavy (non-hydrogen) atoms. The van der Waals surface area contributed by atoms with Gasteiger partial charge >= 0.3 is 12.2 Å². The number of hydrogen-bond donors (Lipinski definition) is 4. The summed E-state index contributed by atoms with van der Waals surface area (Å²) in [7, 11) is 2.41. The Kier molecular flexibility index (Phi) is 15.9. The van der Waals surface area contributed by atoms with Gasteiger partial charge in [-0.15, -0.1) is 0 Å². The molecule has 10 heteroatoms. The normalized spacial score (nSPS) is 10.2. The lowest BCUT2D eigenvalue weighted by atomic mass is 10.2. The lowest BCUT2D eigenvalue weighted by Crippen LogP contribution is -2.33. The Bertz CT molecular complexity index is 904. The van der Waals surface area contributed by atoms with E-state index >= 15 is 0 Å². The van der Waals surface area contributed by atoms with Crippen LogP contribution in [0.2, 0.25) is 0 Å². The number of nitrogen functional groups attached to an aromatic ring is 1. The van der Waals surface area contributed by atoms with Crippen molar-refractivity contribution < 1.29 is 28.7 Å². The second kappa shape index (κ2) is 18.3. The van der Waals surface area contributed by atoms with E-state index in [2.05, 4.69) is 20.1 Å². The fourth-order valence-corrected chi connectivity index (χ4v) is 2.16. The number of allylic oxidation sites excluding steroid dienone is 1. The molecule has 2 aromatic carbocycles. The summed E-state index contributed by atoms with van der Waals surface area (Å²) < 4.78 is 8.49. The minimum atomic E-state index is -0.747. The van der Waals surface area contributed by atoms with Crippen LogP contribution in [0, 0.1) is 0 Å². The molecule has 0 aliphatic rings. The Morgan fingerprint density at radius 3 is 1.82 bits per heavy atom. The minimum Gasteiger partial charge on any atom is -0.453 e. The minimum absolute atomic E-state index is 0.0675. The lowest BCUT2D eigenvalue weighted by molar-refractivity contribution is -0.120. The Balaban J connectivity index is 0.000000539. The summed E-state index contributed by atoms with van der Waals surface area (Å²) in [5.41, 5.74) is 7.12. The third kappa shape index (κ3) is 16.4. The fourth-order valence-electron chi connectivity index (χ4n) is 2.16. The highest BCUT2D eigenvalue weighted by molar-refractivity contribution is 5.98. The SMILES string of the molecule is C/C=C/C(=O)NC(=O)OC.COC(=O)NC(=O)C[C@@H](C)Nc1ccccc1.Nc1ccccc1. The molecule has 0 aliphatic heterocycles. The number of rotatable bonds is 5. The van der Waals surface area contributed by atoms with Crippen LogP contribution in [0.1, 0.15) is 20.3 Å². The van der Waals surface area contributed by atoms with Gasteiger partial charge in [-0.3, -0.25) is 20.2 Å². The Morgan fingerprint density at radius 2 is 1.38 bits per heavy atom. The Hall–Kier alpha value is -4.34. The number of alkyl carbamates (subject to hydrolysis) is 2. The Labute approximate surface area is 199 Å². The molecule has 184 valence electrons. The first-order chi connectivity index (χ1) is 16.2. The largest absolute Gasteiger partial charge is 0.453 e. The number of benzene rings is 2. The van der Waals surface area contributed by atoms with Gasteiger partial charge in [0.05, 0.1) is 14.2 Å². The lowest BCUT2D eigenvalue weighted by Gasteiger charge is -2.14. The highest BCUT2D eigenvalue weighted by Crippen LogP contribution is 2.08. The summed E-state index contributed by atoms with van der Waals surface area (Å²) in [4.78, 5) is 43.0. The molecule has 1 atom stereocenters. The molecule has 2 rings (SSSR count). The Morgan fingerprint density at radius 1 is 0.882 bits per heavy atom. The van der Waals surface area contributed by atoms with Crippen LogP contribution in [-0.4, -0.2) is 44.3 Å². The van der Waals surface area contributed by atoms with E-state index < -0.39 is 18.1 Å². The molecule has 2 aromatic rings. The van der Waals surface area contributed by atoms with Crippen molar-refractivity contribution in [1.82, 2.24) is 10.6 Å². The second-order valence-electron chi connectivity index (χ2n) is 6.55. The zero-order chi connectivity index (χ0) is 25.8. The number of nitrogens with one attached hydrogen (secondary N) is 3. The van der Waals surface area contributed by atoms with E-state index in [-0.39, 0.29) is 18.4 Å². The first-order valence-corrected chi connectivity index (χ1v) is 10.2. The number of para-hydroxylation sites is 2. The summed E-state index contributed by atoms with van der Waals surface area (Å²) >= 11 is 0. The molecular formula is C24H32N4O6. The van der Waals surface area contributed by atoms with Crippen LogP contribution >= 0.6 is 0 Å². The van der Waals surface area contributed by atoms with Gasteiger partial charge in [-0.25, -0.2) is 9.59 Å². The van der Waals surface area contributed by atoms with Crippen LogP contribution < -0.4 is 21.7 Å². The number of amides is 4. The van der Waals surface area contributed by atoms with Gasteiger partial charge in [-0.05, 0) is 44.2 Å². The quantitative estimate of drug-likeness (QED) is 0.382. The van der Waals surface area contributed by atoms with Crippen molar-refractivity contribution >= 4 is 35.4 Å². The van der Waals surface area contributed by atoms with Gasteiger partial charge in [0.1, 0.15) is 0 Å². The first-order valence-electron chi connectivity index (χ1n) is 10.2. The molecule has 0 bridgehead atoms. The van der Waals surface area contributed by atoms with Crippen LogP contribution in [0.15, 0.2) is 72.8 Å². The number of hydrogen-bond acceptors (Lipinski definition) is 8. The van der Waals surface area contributed by atoms with Crippen molar-refractivity contribution in [2.24, 2.45) is 0 Å². The van der Waals surface area contributed by atoms with Crippen molar-refractivity contribution in [1.29, 1.82) is 0 Å². The van der Waals surface area contributed by atoms with Gasteiger partial charge < -0.3 is 20.5 Å². The van der Waals surface area contributed by atoms with Crippen molar-refractivity contribution in [3.05, 3.63) is 72.8 Å². The van der Waals surface area contributed by atoms with E-state index in [1.165, 1.54) is 26.4 Å². The van der Waals surface area contributed by atoms with Gasteiger partial charge in [-0.1, -0.05) is 42.5 Å². The highest BCUT2D eigenvalue weighted by Gasteiger charge is 2.11. The maximum Gasteiger partial charge on any atom is 0.413 e. The molecule has 10 nitrogen and oxygen atoms in total. The van der Waals surface area contributed by atoms with Gasteiger partial charge in [0.25, 0.3) is 5.91 Å². The molecule has 0 fully saturated rings. The van der Waals surface area contributed by atoms with Crippen molar-refractivity contribution in [3.63, 3.8) is 0 Å². The standard InChI is InChI=1S/C12H16N2O3.C6H9NO3.C6H7N/c1-9(8-11(15)14-12(16)17-2)13-10-6-4-3-5-7-10;1-3-4-5(8)7-6(9)10-2;7-6-4-2-1-3-5-6/h3-7,9,13H,8H2,1-2H3,(H,14,15,16);3-4H,1-2H3,(H,7,8,9);1-5H,7H2/b;4-3+;/t9-;;/m1../s1. The summed E-state index contributed by atoms with van der Waals surface area (Å²) in [6, 6.07) is 19.0. The molecule has 0 radical (unpaired) electrons. The average Bonchev–Trinajstić information content (AvgIpc) is 2.80. The topological polar surface area (TPSA) is 149 Å². The zero-order valence-corrected chi connectivity index (χ0v) is 19.7. The number of nitrogens with two attached hydrogens (primary N) is 1. The second-order valence-corrected chi connectivity index (χ2v) is 6.55. The molecule has 0 saturated carbocycles. The van der Waals surface area contributed by atoms with Crippen LogP contribution in [0.4, 0.5) is 21.0 Å². The van der Waals surface area contributed by atoms with E-state index in [1.54, 1.807) is 6.92 Å². The number of ether oxygens (including phenoxy) is 2. The third-order valence-corrected chi connectivity index (χ3v) is 3.63. The van der Waals surface area contributed by atoms with Crippen molar-refractivity contribution in [3.8, 4) is 0 Å². The maximum absolute atomic E-state index is 11.4. The summed E-state index contributed by atoms with van der Waals surface area (Å²) in [5, 5.41) is 7.20. The number of carbonyl (C=O) groups excluding carboxylic acids is 4. The van der Waals surface area contributed by atoms with Crippen molar-refractivity contribution in [2.45, 2.75) is 26.3 Å². The van der Waals surface area contributed by atoms with Crippen LogP contribution in [-0.2, 0) is 19.1 Å². The van der Waals surface area contributed by atoms with E-state index in [0.717, 1.165) is 11.4 Å². The molecule has 0 unspecified atom stereocenters. The van der Waals surface area contributed by atoms with E-state index in [9.17, 15) is 19.2 Å². The first kappa shape index (κ1) is 29.7. The van der Waals surface area contributed by atoms with Gasteiger partial charge in [0.2, 0.25) is 5.91 Å². The van der Waals surface area contributed by atoms with E-state index in [4.69, 9.17) is 5.73 Å². The van der Waals surface area contributed by atoms with Crippen LogP contribution in [0.5, 0.6) is 0 Å². The molecule has 5 N–H and O–H groups in total. The molecule has 0 aliphatic carbocycles. The summed E-state index contributed by atoms with van der Waals surface area (Å²) in [6.07, 6.45) is 1.48. The fraction of sp³-hybridized carbons (Fsp3) is 0.250. The molecule has 0 aromatic heterocycles. The summed E-state index contributed by atoms with van der Waals surface area (Å²) in [5.74, 6) is -0.845. The maximum atomic E-state index is 11.4. The van der Waals surface area contributed by atoms with Gasteiger partial charge in [-0.2, -0.15) is 0 Å². The monoisotopic (exact) mass is 472 g/mol. The zero-order valence-electron chi connectivity index (χ0n) is 19.7. The number of imide groups is 2. The predicted octanol–water partition coefficient (Wildman–Crippen LogP) is 3.47. The van der Waals surface area contributed by atoms with Gasteiger partial charge in [0, 0.05) is 23.8 Å². The number of carbonyl (C=O) groups is 4. The molecule has 0 spiro atoms. The van der Waals surface area contributed by atoms with E-state index in [0.29, 0.717) is 0 Å². The predicted molar refractivity (Wildman–Crippen MR) is 131 cm³/mol. The molecule has 0 saturated heterocycles. The number of anilines is 2. The van der Waals surface area contributed by atoms with Crippen molar-refractivity contribution in [2.75, 3.05) is 25.3 Å². The van der Waals surface area contributed by atoms with Gasteiger partial charge in [0.15, 0.2) is 0 Å². The average molecular weight is 473 g/mol. The molecular weight excluding hydrogens is 440 g/mol. The van der Waals surface area contributed by atoms with Crippen LogP contribution in [0.25, 0.3) is 0 Å². The third-order valence-electron chi connectivity index (χ3n) is 3.63. The highest BCUT2D eigenvalue weighted by atomic mass is 16.5. The smallest absolute Gasteiger partial charge is 0.413 e. The van der Waals surface area contributed by atoms with Crippen LogP contribution in [0.3, 0.4) is 0 Å². The summed E-state index contributed by atoms with van der Waals surface area (Å²) in [6.45, 7) is 3.54.